The fraction of sp³-hybridized carbons (Fsp3) is 0.105. The van der Waals surface area contributed by atoms with Crippen LogP contribution in [0.2, 0.25) is 0 Å². The Morgan fingerprint density at radius 2 is 1.91 bits per heavy atom. The van der Waals surface area contributed by atoms with Crippen molar-refractivity contribution in [2.24, 2.45) is 0 Å². The van der Waals surface area contributed by atoms with Crippen molar-refractivity contribution < 1.29 is 9.53 Å². The zero-order valence-electron chi connectivity index (χ0n) is 12.5. The highest BCUT2D eigenvalue weighted by Crippen LogP contribution is 2.48. The summed E-state index contributed by atoms with van der Waals surface area (Å²) >= 11 is 0. The van der Waals surface area contributed by atoms with E-state index in [0.717, 1.165) is 39.0 Å². The molecule has 2 aliphatic heterocycles. The van der Waals surface area contributed by atoms with Gasteiger partial charge in [-0.25, -0.2) is 0 Å². The molecule has 4 heteroatoms. The van der Waals surface area contributed by atoms with Gasteiger partial charge >= 0.3 is 0 Å². The minimum Gasteiger partial charge on any atom is -0.497 e. The van der Waals surface area contributed by atoms with E-state index in [-0.39, 0.29) is 12.1 Å². The normalized spacial score (nSPS) is 17.7. The average Bonchev–Trinajstić information content (AvgIpc) is 2.98. The lowest BCUT2D eigenvalue weighted by Crippen LogP contribution is -2.37. The Bertz CT molecular complexity index is 975. The van der Waals surface area contributed by atoms with Crippen LogP contribution < -0.4 is 15.0 Å². The van der Waals surface area contributed by atoms with Crippen LogP contribution in [-0.2, 0) is 0 Å². The predicted molar refractivity (Wildman–Crippen MR) is 90.1 cm³/mol. The number of hydrogen-bond acceptors (Lipinski definition) is 3. The van der Waals surface area contributed by atoms with Crippen LogP contribution in [0.5, 0.6) is 5.75 Å². The van der Waals surface area contributed by atoms with Crippen LogP contribution >= 0.6 is 0 Å². The van der Waals surface area contributed by atoms with Crippen LogP contribution in [0.25, 0.3) is 10.8 Å². The van der Waals surface area contributed by atoms with E-state index in [4.69, 9.17) is 4.74 Å². The molecule has 0 bridgehead atoms. The number of rotatable bonds is 1. The standard InChI is InChI=1S/C19H14N2O2/c1-23-12-8-9-16-15(10-12)20-18-13-6-2-4-11-5-3-7-14(17(11)13)19(22)21(16)18/h2-10,18,20H,1H3. The van der Waals surface area contributed by atoms with E-state index in [2.05, 4.69) is 23.5 Å². The lowest BCUT2D eigenvalue weighted by atomic mass is 9.93. The maximum absolute atomic E-state index is 13.1. The first-order chi connectivity index (χ1) is 11.3. The summed E-state index contributed by atoms with van der Waals surface area (Å²) in [6.45, 7) is 0. The maximum atomic E-state index is 13.1. The molecule has 0 aromatic heterocycles. The van der Waals surface area contributed by atoms with Gasteiger partial charge < -0.3 is 10.1 Å². The number of ether oxygens (including phenoxy) is 1. The molecule has 0 radical (unpaired) electrons. The first-order valence-electron chi connectivity index (χ1n) is 7.58. The fourth-order valence-electron chi connectivity index (χ4n) is 3.67. The lowest BCUT2D eigenvalue weighted by molar-refractivity contribution is 0.0980. The van der Waals surface area contributed by atoms with Gasteiger partial charge in [0, 0.05) is 22.6 Å². The molecule has 2 aliphatic rings. The Balaban J connectivity index is 1.78. The van der Waals surface area contributed by atoms with Gasteiger partial charge in [-0.15, -0.1) is 0 Å². The molecule has 0 fully saturated rings. The van der Waals surface area contributed by atoms with Crippen molar-refractivity contribution in [1.82, 2.24) is 0 Å². The van der Waals surface area contributed by atoms with Crippen molar-refractivity contribution in [1.29, 1.82) is 0 Å². The summed E-state index contributed by atoms with van der Waals surface area (Å²) in [5, 5.41) is 5.62. The molecule has 1 unspecified atom stereocenters. The van der Waals surface area contributed by atoms with Crippen molar-refractivity contribution in [3.05, 3.63) is 65.7 Å². The van der Waals surface area contributed by atoms with Gasteiger partial charge in [-0.05, 0) is 23.6 Å². The number of fused-ring (bicyclic) bond motifs is 4. The van der Waals surface area contributed by atoms with Gasteiger partial charge in [-0.1, -0.05) is 30.3 Å². The number of benzene rings is 3. The largest absolute Gasteiger partial charge is 0.497 e. The van der Waals surface area contributed by atoms with E-state index >= 15 is 0 Å². The third-order valence-corrected chi connectivity index (χ3v) is 4.69. The Labute approximate surface area is 133 Å². The summed E-state index contributed by atoms with van der Waals surface area (Å²) in [5.74, 6) is 0.815. The molecule has 2 heterocycles. The van der Waals surface area contributed by atoms with Crippen molar-refractivity contribution in [3.63, 3.8) is 0 Å². The molecule has 0 saturated heterocycles. The van der Waals surface area contributed by atoms with E-state index in [1.165, 1.54) is 0 Å². The van der Waals surface area contributed by atoms with E-state index in [1.807, 2.05) is 41.3 Å². The molecule has 1 amide bonds. The minimum absolute atomic E-state index is 0.0377. The summed E-state index contributed by atoms with van der Waals surface area (Å²) in [5.41, 5.74) is 3.72. The van der Waals surface area contributed by atoms with Crippen LogP contribution in [0, 0.1) is 0 Å². The number of carbonyl (C=O) groups excluding carboxylic acids is 1. The quantitative estimate of drug-likeness (QED) is 0.740. The third-order valence-electron chi connectivity index (χ3n) is 4.69. The summed E-state index contributed by atoms with van der Waals surface area (Å²) in [6, 6.07) is 17.8. The van der Waals surface area contributed by atoms with Crippen molar-refractivity contribution in [2.75, 3.05) is 17.3 Å². The molecule has 4 nitrogen and oxygen atoms in total. The van der Waals surface area contributed by atoms with E-state index in [1.54, 1.807) is 7.11 Å². The fourth-order valence-corrected chi connectivity index (χ4v) is 3.67. The molecule has 0 spiro atoms. The topological polar surface area (TPSA) is 41.6 Å². The molecule has 0 saturated carbocycles. The number of methoxy groups -OCH3 is 1. The highest BCUT2D eigenvalue weighted by atomic mass is 16.5. The Morgan fingerprint density at radius 3 is 2.74 bits per heavy atom. The summed E-state index contributed by atoms with van der Waals surface area (Å²) in [6.07, 6.45) is -0.164. The van der Waals surface area contributed by atoms with Gasteiger partial charge in [0.15, 0.2) is 0 Å². The summed E-state index contributed by atoms with van der Waals surface area (Å²) < 4.78 is 5.30. The molecule has 3 aromatic carbocycles. The zero-order valence-corrected chi connectivity index (χ0v) is 12.5. The molecule has 1 N–H and O–H groups in total. The molecule has 5 rings (SSSR count). The zero-order chi connectivity index (χ0) is 15.6. The second-order valence-corrected chi connectivity index (χ2v) is 5.86. The first-order valence-corrected chi connectivity index (χ1v) is 7.58. The summed E-state index contributed by atoms with van der Waals surface area (Å²) in [7, 11) is 1.64. The smallest absolute Gasteiger partial charge is 0.260 e. The highest BCUT2D eigenvalue weighted by Gasteiger charge is 2.40. The number of amides is 1. The maximum Gasteiger partial charge on any atom is 0.260 e. The second-order valence-electron chi connectivity index (χ2n) is 5.86. The van der Waals surface area contributed by atoms with E-state index < -0.39 is 0 Å². The van der Waals surface area contributed by atoms with Gasteiger partial charge in [0.2, 0.25) is 0 Å². The SMILES string of the molecule is COc1ccc2c(c1)NC1c3cccc4cccc(c34)C(=O)N21. The number of carbonyl (C=O) groups is 1. The van der Waals surface area contributed by atoms with Crippen molar-refractivity contribution in [3.8, 4) is 5.75 Å². The van der Waals surface area contributed by atoms with Gasteiger partial charge in [-0.3, -0.25) is 9.69 Å². The third kappa shape index (κ3) is 1.52. The Hall–Kier alpha value is -3.01. The predicted octanol–water partition coefficient (Wildman–Crippen LogP) is 3.93. The molecule has 3 aromatic rings. The van der Waals surface area contributed by atoms with Gasteiger partial charge in [-0.2, -0.15) is 0 Å². The van der Waals surface area contributed by atoms with Crippen molar-refractivity contribution in [2.45, 2.75) is 6.17 Å². The van der Waals surface area contributed by atoms with Crippen LogP contribution in [0.3, 0.4) is 0 Å². The Morgan fingerprint density at radius 1 is 1.09 bits per heavy atom. The van der Waals surface area contributed by atoms with Gasteiger partial charge in [0.1, 0.15) is 11.9 Å². The van der Waals surface area contributed by atoms with Gasteiger partial charge in [0.25, 0.3) is 5.91 Å². The highest BCUT2D eigenvalue weighted by molar-refractivity contribution is 6.20. The number of nitrogens with one attached hydrogen (secondary N) is 1. The second kappa shape index (κ2) is 4.26. The van der Waals surface area contributed by atoms with E-state index in [9.17, 15) is 4.79 Å². The Kier molecular flexibility index (Phi) is 2.32. The van der Waals surface area contributed by atoms with Crippen LogP contribution in [0.4, 0.5) is 11.4 Å². The molecule has 0 aliphatic carbocycles. The first kappa shape index (κ1) is 12.5. The van der Waals surface area contributed by atoms with Crippen molar-refractivity contribution >= 4 is 28.1 Å². The van der Waals surface area contributed by atoms with Gasteiger partial charge in [0.05, 0.1) is 18.5 Å². The van der Waals surface area contributed by atoms with E-state index in [0.29, 0.717) is 0 Å². The molecule has 112 valence electrons. The van der Waals surface area contributed by atoms with Crippen LogP contribution in [-0.4, -0.2) is 13.0 Å². The number of anilines is 2. The lowest BCUT2D eigenvalue weighted by Gasteiger charge is -2.31. The monoisotopic (exact) mass is 302 g/mol. The molecule has 1 atom stereocenters. The number of hydrogen-bond donors (Lipinski definition) is 1. The summed E-state index contributed by atoms with van der Waals surface area (Å²) in [4.78, 5) is 14.9. The minimum atomic E-state index is -0.164. The van der Waals surface area contributed by atoms with Crippen LogP contribution in [0.1, 0.15) is 22.1 Å². The molecule has 23 heavy (non-hydrogen) atoms. The molecular formula is C19H14N2O2. The molecular weight excluding hydrogens is 288 g/mol. The number of nitrogens with zero attached hydrogens (tertiary/aromatic N) is 1. The van der Waals surface area contributed by atoms with Crippen LogP contribution in [0.15, 0.2) is 54.6 Å². The average molecular weight is 302 g/mol.